The fourth-order valence-electron chi connectivity index (χ4n) is 3.75. The SMILES string of the molecule is Cc1ccc2c(COC(=O)c3cc4c(C)nn(-c5ccccc5)c4s3)cc(=O)oc2c1C. The standard InChI is InChI=1S/C25H20N2O4S/c1-14-9-10-19-17(11-22(28)31-23(19)15(14)2)13-30-25(29)21-12-20-16(3)26-27(24(20)32-21)18-7-5-4-6-8-18/h4-12H,13H2,1-3H3. The Kier molecular flexibility index (Phi) is 4.90. The van der Waals surface area contributed by atoms with Gasteiger partial charge in [0.05, 0.1) is 11.4 Å². The summed E-state index contributed by atoms with van der Waals surface area (Å²) >= 11 is 1.34. The molecule has 0 fully saturated rings. The quantitative estimate of drug-likeness (QED) is 0.271. The lowest BCUT2D eigenvalue weighted by Gasteiger charge is -2.09. The van der Waals surface area contributed by atoms with Gasteiger partial charge in [0.2, 0.25) is 0 Å². The van der Waals surface area contributed by atoms with Crippen LogP contribution in [-0.4, -0.2) is 15.7 Å². The second-order valence-electron chi connectivity index (χ2n) is 7.71. The molecule has 0 bridgehead atoms. The van der Waals surface area contributed by atoms with Crippen LogP contribution in [0.1, 0.15) is 32.1 Å². The van der Waals surface area contributed by atoms with E-state index in [0.29, 0.717) is 16.0 Å². The van der Waals surface area contributed by atoms with Crippen molar-refractivity contribution in [1.82, 2.24) is 9.78 Å². The normalized spacial score (nSPS) is 11.3. The summed E-state index contributed by atoms with van der Waals surface area (Å²) in [5, 5.41) is 6.29. The van der Waals surface area contributed by atoms with E-state index in [1.165, 1.54) is 17.4 Å². The van der Waals surface area contributed by atoms with E-state index in [-0.39, 0.29) is 6.61 Å². The number of esters is 1. The zero-order valence-electron chi connectivity index (χ0n) is 17.8. The number of hydrogen-bond acceptors (Lipinski definition) is 6. The van der Waals surface area contributed by atoms with Crippen molar-refractivity contribution in [2.24, 2.45) is 0 Å². The molecule has 0 spiro atoms. The Hall–Kier alpha value is -3.71. The average molecular weight is 445 g/mol. The van der Waals surface area contributed by atoms with Gasteiger partial charge in [-0.2, -0.15) is 5.10 Å². The number of nitrogens with zero attached hydrogens (tertiary/aromatic N) is 2. The van der Waals surface area contributed by atoms with Gasteiger partial charge in [-0.25, -0.2) is 14.3 Å². The molecule has 0 aliphatic rings. The molecule has 0 atom stereocenters. The van der Waals surface area contributed by atoms with Crippen molar-refractivity contribution in [2.45, 2.75) is 27.4 Å². The van der Waals surface area contributed by atoms with E-state index in [1.54, 1.807) is 0 Å². The molecule has 0 aliphatic heterocycles. The van der Waals surface area contributed by atoms with Gasteiger partial charge in [0.25, 0.3) is 0 Å². The van der Waals surface area contributed by atoms with Crippen LogP contribution in [-0.2, 0) is 11.3 Å². The summed E-state index contributed by atoms with van der Waals surface area (Å²) in [5.41, 5.74) is 4.40. The van der Waals surface area contributed by atoms with E-state index in [1.807, 2.05) is 74.0 Å². The van der Waals surface area contributed by atoms with Crippen molar-refractivity contribution in [2.75, 3.05) is 0 Å². The number of fused-ring (bicyclic) bond motifs is 2. The second-order valence-corrected chi connectivity index (χ2v) is 8.74. The number of hydrogen-bond donors (Lipinski definition) is 0. The highest BCUT2D eigenvalue weighted by atomic mass is 32.1. The van der Waals surface area contributed by atoms with E-state index >= 15 is 0 Å². The molecule has 0 radical (unpaired) electrons. The topological polar surface area (TPSA) is 74.3 Å². The van der Waals surface area contributed by atoms with Crippen LogP contribution >= 0.6 is 11.3 Å². The molecule has 3 heterocycles. The van der Waals surface area contributed by atoms with E-state index in [2.05, 4.69) is 5.10 Å². The Balaban J connectivity index is 1.45. The van der Waals surface area contributed by atoms with Crippen LogP contribution in [0.25, 0.3) is 26.9 Å². The lowest BCUT2D eigenvalue weighted by atomic mass is 10.0. The van der Waals surface area contributed by atoms with Gasteiger partial charge < -0.3 is 9.15 Å². The number of thiophene rings is 1. The molecule has 3 aromatic heterocycles. The highest BCUT2D eigenvalue weighted by Gasteiger charge is 2.19. The third-order valence-corrected chi connectivity index (χ3v) is 6.71. The second kappa shape index (κ2) is 7.76. The molecule has 2 aromatic carbocycles. The van der Waals surface area contributed by atoms with Crippen molar-refractivity contribution >= 4 is 38.5 Å². The van der Waals surface area contributed by atoms with Gasteiger partial charge >= 0.3 is 11.6 Å². The molecule has 0 N–H and O–H groups in total. The minimum Gasteiger partial charge on any atom is -0.457 e. The maximum Gasteiger partial charge on any atom is 0.348 e. The summed E-state index contributed by atoms with van der Waals surface area (Å²) in [4.78, 5) is 26.3. The molecule has 0 unspecified atom stereocenters. The molecule has 32 heavy (non-hydrogen) atoms. The molecule has 160 valence electrons. The van der Waals surface area contributed by atoms with Crippen LogP contribution in [0.2, 0.25) is 0 Å². The van der Waals surface area contributed by atoms with Gasteiger partial charge in [0.1, 0.15) is 21.9 Å². The number of aryl methyl sites for hydroxylation is 3. The van der Waals surface area contributed by atoms with Gasteiger partial charge in [-0.3, -0.25) is 0 Å². The van der Waals surface area contributed by atoms with Gasteiger partial charge in [-0.1, -0.05) is 30.3 Å². The predicted molar refractivity (Wildman–Crippen MR) is 125 cm³/mol. The molecule has 5 aromatic rings. The molecule has 7 heteroatoms. The number of carbonyl (C=O) groups excluding carboxylic acids is 1. The summed E-state index contributed by atoms with van der Waals surface area (Å²) < 4.78 is 12.8. The fourth-order valence-corrected chi connectivity index (χ4v) is 4.83. The first-order chi connectivity index (χ1) is 15.4. The Morgan fingerprint density at radius 2 is 1.84 bits per heavy atom. The monoisotopic (exact) mass is 444 g/mol. The van der Waals surface area contributed by atoms with Crippen molar-refractivity contribution in [3.8, 4) is 5.69 Å². The minimum atomic E-state index is -0.460. The first kappa shape index (κ1) is 20.2. The first-order valence-corrected chi connectivity index (χ1v) is 11.0. The summed E-state index contributed by atoms with van der Waals surface area (Å²) in [7, 11) is 0. The number of para-hydroxylation sites is 1. The van der Waals surface area contributed by atoms with E-state index < -0.39 is 11.6 Å². The van der Waals surface area contributed by atoms with Crippen molar-refractivity contribution in [1.29, 1.82) is 0 Å². The maximum atomic E-state index is 12.8. The highest BCUT2D eigenvalue weighted by molar-refractivity contribution is 7.20. The van der Waals surface area contributed by atoms with Crippen LogP contribution in [0.4, 0.5) is 0 Å². The summed E-state index contributed by atoms with van der Waals surface area (Å²) in [6, 6.07) is 16.8. The largest absolute Gasteiger partial charge is 0.457 e. The number of benzene rings is 2. The molecular formula is C25H20N2O4S. The molecule has 6 nitrogen and oxygen atoms in total. The molecule has 0 saturated heterocycles. The molecular weight excluding hydrogens is 424 g/mol. The first-order valence-electron chi connectivity index (χ1n) is 10.2. The van der Waals surface area contributed by atoms with Gasteiger partial charge in [0, 0.05) is 22.4 Å². The van der Waals surface area contributed by atoms with Crippen LogP contribution < -0.4 is 5.63 Å². The van der Waals surface area contributed by atoms with Gasteiger partial charge in [0.15, 0.2) is 0 Å². The Morgan fingerprint density at radius 1 is 1.06 bits per heavy atom. The lowest BCUT2D eigenvalue weighted by Crippen LogP contribution is -2.07. The molecule has 0 aliphatic carbocycles. The summed E-state index contributed by atoms with van der Waals surface area (Å²) in [5.74, 6) is -0.435. The molecule has 0 amide bonds. The van der Waals surface area contributed by atoms with E-state index in [9.17, 15) is 9.59 Å². The van der Waals surface area contributed by atoms with E-state index in [4.69, 9.17) is 9.15 Å². The Morgan fingerprint density at radius 3 is 2.62 bits per heavy atom. The van der Waals surface area contributed by atoms with Crippen molar-refractivity contribution in [3.05, 3.63) is 92.3 Å². The van der Waals surface area contributed by atoms with Crippen molar-refractivity contribution in [3.63, 3.8) is 0 Å². The lowest BCUT2D eigenvalue weighted by molar-refractivity contribution is 0.0479. The molecule has 5 rings (SSSR count). The average Bonchev–Trinajstić information content (AvgIpc) is 3.36. The van der Waals surface area contributed by atoms with Gasteiger partial charge in [-0.05, 0) is 50.1 Å². The van der Waals surface area contributed by atoms with Crippen LogP contribution in [0.5, 0.6) is 0 Å². The number of rotatable bonds is 4. The number of ether oxygens (including phenoxy) is 1. The Bertz CT molecular complexity index is 1540. The highest BCUT2D eigenvalue weighted by Crippen LogP contribution is 2.31. The zero-order valence-corrected chi connectivity index (χ0v) is 18.7. The van der Waals surface area contributed by atoms with Crippen LogP contribution in [0.3, 0.4) is 0 Å². The minimum absolute atomic E-state index is 0.0124. The fraction of sp³-hybridized carbons (Fsp3) is 0.160. The number of aromatic nitrogens is 2. The zero-order chi connectivity index (χ0) is 22.4. The van der Waals surface area contributed by atoms with Crippen LogP contribution in [0, 0.1) is 20.8 Å². The maximum absolute atomic E-state index is 12.8. The summed E-state index contributed by atoms with van der Waals surface area (Å²) in [6.07, 6.45) is 0. The molecule has 0 saturated carbocycles. The number of carbonyl (C=O) groups is 1. The Labute approximate surface area is 187 Å². The van der Waals surface area contributed by atoms with E-state index in [0.717, 1.165) is 38.1 Å². The smallest absolute Gasteiger partial charge is 0.348 e. The van der Waals surface area contributed by atoms with Gasteiger partial charge in [-0.15, -0.1) is 11.3 Å². The summed E-state index contributed by atoms with van der Waals surface area (Å²) in [6.45, 7) is 5.78. The van der Waals surface area contributed by atoms with Crippen LogP contribution in [0.15, 0.2) is 63.8 Å². The third-order valence-electron chi connectivity index (χ3n) is 5.62. The third kappa shape index (κ3) is 3.40. The predicted octanol–water partition coefficient (Wildman–Crippen LogP) is 5.48. The van der Waals surface area contributed by atoms with Crippen molar-refractivity contribution < 1.29 is 13.9 Å².